The van der Waals surface area contributed by atoms with Gasteiger partial charge in [-0.1, -0.05) is 11.8 Å². The molecule has 3 nitrogen and oxygen atoms in total. The molecule has 2 heterocycles. The lowest BCUT2D eigenvalue weighted by Crippen LogP contribution is -2.18. The van der Waals surface area contributed by atoms with Crippen LogP contribution in [0.4, 0.5) is 8.78 Å². The molecule has 0 amide bonds. The fourth-order valence-corrected chi connectivity index (χ4v) is 3.69. The van der Waals surface area contributed by atoms with E-state index in [2.05, 4.69) is 4.98 Å². The van der Waals surface area contributed by atoms with Crippen LogP contribution >= 0.6 is 11.8 Å². The Morgan fingerprint density at radius 2 is 1.50 bits per heavy atom. The van der Waals surface area contributed by atoms with Crippen LogP contribution in [0.15, 0.2) is 53.7 Å². The van der Waals surface area contributed by atoms with Gasteiger partial charge in [-0.25, -0.2) is 13.8 Å². The monoisotopic (exact) mass is 342 g/mol. The van der Waals surface area contributed by atoms with Gasteiger partial charge in [0.05, 0.1) is 11.4 Å². The Hall–Kier alpha value is -2.47. The van der Waals surface area contributed by atoms with Gasteiger partial charge >= 0.3 is 0 Å². The van der Waals surface area contributed by atoms with Crippen LogP contribution in [0.2, 0.25) is 0 Å². The fourth-order valence-electron chi connectivity index (χ4n) is 2.75. The highest BCUT2D eigenvalue weighted by Crippen LogP contribution is 2.38. The van der Waals surface area contributed by atoms with E-state index in [1.165, 1.54) is 36.0 Å². The number of benzene rings is 2. The average Bonchev–Trinajstić information content (AvgIpc) is 2.97. The number of hydrogen-bond donors (Lipinski definition) is 0. The van der Waals surface area contributed by atoms with Crippen molar-refractivity contribution in [1.29, 1.82) is 0 Å². The summed E-state index contributed by atoms with van der Waals surface area (Å²) >= 11 is 1.51. The second kappa shape index (κ2) is 5.87. The molecule has 0 saturated carbocycles. The number of imidazole rings is 1. The van der Waals surface area contributed by atoms with Crippen LogP contribution < -0.4 is 0 Å². The molecule has 0 N–H and O–H groups in total. The predicted octanol–water partition coefficient (Wildman–Crippen LogP) is 4.63. The highest BCUT2D eigenvalue weighted by atomic mass is 32.2. The highest BCUT2D eigenvalue weighted by Gasteiger charge is 2.27. The molecule has 120 valence electrons. The normalized spacial score (nSPS) is 13.8. The van der Waals surface area contributed by atoms with Gasteiger partial charge in [-0.3, -0.25) is 9.36 Å². The smallest absolute Gasteiger partial charge is 0.234 e. The van der Waals surface area contributed by atoms with E-state index in [-0.39, 0.29) is 17.5 Å². The molecule has 1 aliphatic heterocycles. The Labute approximate surface area is 141 Å². The van der Waals surface area contributed by atoms with Gasteiger partial charge < -0.3 is 0 Å². The highest BCUT2D eigenvalue weighted by molar-refractivity contribution is 7.99. The van der Waals surface area contributed by atoms with Crippen molar-refractivity contribution in [3.8, 4) is 22.5 Å². The topological polar surface area (TPSA) is 34.9 Å². The molecule has 0 unspecified atom stereocenters. The zero-order valence-corrected chi connectivity index (χ0v) is 13.3. The van der Waals surface area contributed by atoms with E-state index in [0.29, 0.717) is 39.8 Å². The van der Waals surface area contributed by atoms with Gasteiger partial charge in [0.2, 0.25) is 5.91 Å². The number of carbonyl (C=O) groups excluding carboxylic acids is 1. The molecule has 4 rings (SSSR count). The Morgan fingerprint density at radius 1 is 0.917 bits per heavy atom. The maximum Gasteiger partial charge on any atom is 0.234 e. The molecule has 1 aromatic heterocycles. The Bertz CT molecular complexity index is 917. The van der Waals surface area contributed by atoms with E-state index in [4.69, 9.17) is 0 Å². The summed E-state index contributed by atoms with van der Waals surface area (Å²) in [7, 11) is 0. The Balaban J connectivity index is 1.97. The van der Waals surface area contributed by atoms with Crippen LogP contribution in [-0.4, -0.2) is 21.2 Å². The number of nitrogens with zero attached hydrogens (tertiary/aromatic N) is 2. The molecule has 0 bridgehead atoms. The van der Waals surface area contributed by atoms with Gasteiger partial charge in [0.15, 0.2) is 5.16 Å². The Kier molecular flexibility index (Phi) is 3.69. The summed E-state index contributed by atoms with van der Waals surface area (Å²) in [6.45, 7) is 0. The van der Waals surface area contributed by atoms with Gasteiger partial charge in [0.1, 0.15) is 11.6 Å². The van der Waals surface area contributed by atoms with Crippen LogP contribution in [0.3, 0.4) is 0 Å². The molecule has 0 fully saturated rings. The molecule has 0 aliphatic carbocycles. The SMILES string of the molecule is O=C1CCSc2nc(-c3ccc(F)cc3)c(-c3ccc(F)cc3)n21. The van der Waals surface area contributed by atoms with Gasteiger partial charge in [-0.15, -0.1) is 0 Å². The third-order valence-electron chi connectivity index (χ3n) is 3.88. The number of fused-ring (bicyclic) bond motifs is 1. The summed E-state index contributed by atoms with van der Waals surface area (Å²) < 4.78 is 28.1. The number of rotatable bonds is 2. The average molecular weight is 342 g/mol. The lowest BCUT2D eigenvalue weighted by atomic mass is 10.0. The molecule has 0 atom stereocenters. The lowest BCUT2D eigenvalue weighted by molar-refractivity contribution is 0.0898. The molecule has 24 heavy (non-hydrogen) atoms. The third-order valence-corrected chi connectivity index (χ3v) is 4.82. The van der Waals surface area contributed by atoms with E-state index >= 15 is 0 Å². The molecular weight excluding hydrogens is 330 g/mol. The zero-order chi connectivity index (χ0) is 16.7. The predicted molar refractivity (Wildman–Crippen MR) is 89.0 cm³/mol. The van der Waals surface area contributed by atoms with Crippen molar-refractivity contribution < 1.29 is 13.6 Å². The first-order valence-corrected chi connectivity index (χ1v) is 8.42. The van der Waals surface area contributed by atoms with Crippen LogP contribution in [-0.2, 0) is 0 Å². The first-order valence-electron chi connectivity index (χ1n) is 7.44. The second-order valence-electron chi connectivity index (χ2n) is 5.43. The van der Waals surface area contributed by atoms with Crippen molar-refractivity contribution in [2.45, 2.75) is 11.6 Å². The summed E-state index contributed by atoms with van der Waals surface area (Å²) in [5, 5.41) is 0.616. The summed E-state index contributed by atoms with van der Waals surface area (Å²) in [5.74, 6) is -0.0386. The van der Waals surface area contributed by atoms with Crippen LogP contribution in [0.5, 0.6) is 0 Å². The van der Waals surface area contributed by atoms with Gasteiger partial charge in [0.25, 0.3) is 0 Å². The minimum atomic E-state index is -0.346. The van der Waals surface area contributed by atoms with Crippen molar-refractivity contribution in [1.82, 2.24) is 9.55 Å². The third kappa shape index (κ3) is 2.53. The van der Waals surface area contributed by atoms with Crippen molar-refractivity contribution in [2.24, 2.45) is 0 Å². The first kappa shape index (κ1) is 15.1. The molecule has 0 spiro atoms. The van der Waals surface area contributed by atoms with Crippen molar-refractivity contribution >= 4 is 17.7 Å². The van der Waals surface area contributed by atoms with Gasteiger partial charge in [-0.05, 0) is 48.5 Å². The zero-order valence-electron chi connectivity index (χ0n) is 12.5. The van der Waals surface area contributed by atoms with E-state index in [9.17, 15) is 13.6 Å². The number of carbonyl (C=O) groups is 1. The molecule has 6 heteroatoms. The van der Waals surface area contributed by atoms with E-state index < -0.39 is 0 Å². The van der Waals surface area contributed by atoms with E-state index in [1.54, 1.807) is 28.8 Å². The van der Waals surface area contributed by atoms with Crippen LogP contribution in [0.1, 0.15) is 11.2 Å². The van der Waals surface area contributed by atoms with E-state index in [1.807, 2.05) is 0 Å². The standard InChI is InChI=1S/C18H12F2N2OS/c19-13-5-1-11(2-6-13)16-17(12-3-7-14(20)8-4-12)22-15(23)9-10-24-18(22)21-16/h1-8H,9-10H2. The maximum atomic E-state index is 13.3. The minimum absolute atomic E-state index is 0.0380. The number of hydrogen-bond acceptors (Lipinski definition) is 3. The molecular formula is C18H12F2N2OS. The minimum Gasteiger partial charge on any atom is -0.274 e. The molecule has 0 radical (unpaired) electrons. The molecule has 0 saturated heterocycles. The molecule has 2 aromatic carbocycles. The lowest BCUT2D eigenvalue weighted by Gasteiger charge is -2.14. The largest absolute Gasteiger partial charge is 0.274 e. The number of halogens is 2. The van der Waals surface area contributed by atoms with Crippen molar-refractivity contribution in [3.05, 3.63) is 60.2 Å². The summed E-state index contributed by atoms with van der Waals surface area (Å²) in [5.41, 5.74) is 2.63. The summed E-state index contributed by atoms with van der Waals surface area (Å²) in [6, 6.07) is 11.9. The Morgan fingerprint density at radius 3 is 2.12 bits per heavy atom. The van der Waals surface area contributed by atoms with Gasteiger partial charge in [0, 0.05) is 23.3 Å². The second-order valence-corrected chi connectivity index (χ2v) is 6.50. The molecule has 3 aromatic rings. The quantitative estimate of drug-likeness (QED) is 0.681. The van der Waals surface area contributed by atoms with Crippen molar-refractivity contribution in [2.75, 3.05) is 5.75 Å². The van der Waals surface area contributed by atoms with Crippen LogP contribution in [0.25, 0.3) is 22.5 Å². The van der Waals surface area contributed by atoms with E-state index in [0.717, 1.165) is 0 Å². The summed E-state index contributed by atoms with van der Waals surface area (Å²) in [4.78, 5) is 17.0. The maximum absolute atomic E-state index is 13.3. The summed E-state index contributed by atoms with van der Waals surface area (Å²) in [6.07, 6.45) is 0.422. The first-order chi connectivity index (χ1) is 11.6. The van der Waals surface area contributed by atoms with Crippen molar-refractivity contribution in [3.63, 3.8) is 0 Å². The van der Waals surface area contributed by atoms with Crippen LogP contribution in [0, 0.1) is 11.6 Å². The fraction of sp³-hybridized carbons (Fsp3) is 0.111. The number of thioether (sulfide) groups is 1. The molecule has 1 aliphatic rings. The number of aromatic nitrogens is 2. The van der Waals surface area contributed by atoms with Gasteiger partial charge in [-0.2, -0.15) is 0 Å².